The molecule has 0 bridgehead atoms. The topological polar surface area (TPSA) is 68.8 Å². The molecule has 2 aromatic heterocycles. The van der Waals surface area contributed by atoms with Crippen molar-refractivity contribution >= 4 is 21.9 Å². The van der Waals surface area contributed by atoms with Gasteiger partial charge in [0.05, 0.1) is 0 Å². The van der Waals surface area contributed by atoms with Crippen LogP contribution in [0.15, 0.2) is 57.4 Å². The van der Waals surface area contributed by atoms with Gasteiger partial charge in [-0.25, -0.2) is 0 Å². The lowest BCUT2D eigenvalue weighted by Gasteiger charge is -2.40. The highest BCUT2D eigenvalue weighted by Crippen LogP contribution is 2.37. The Balaban J connectivity index is 1.11. The van der Waals surface area contributed by atoms with Crippen molar-refractivity contribution in [2.45, 2.75) is 142 Å². The lowest BCUT2D eigenvalue weighted by Crippen LogP contribution is -2.53. The third-order valence-electron chi connectivity index (χ3n) is 9.00. The quantitative estimate of drug-likeness (QED) is 0.165. The molecule has 0 saturated heterocycles. The van der Waals surface area contributed by atoms with Crippen LogP contribution in [0, 0.1) is 0 Å². The summed E-state index contributed by atoms with van der Waals surface area (Å²) in [6.07, 6.45) is 4.34. The third kappa shape index (κ3) is 8.65. The summed E-state index contributed by atoms with van der Waals surface area (Å²) in [7, 11) is 0. The molecule has 0 aliphatic heterocycles. The van der Waals surface area contributed by atoms with Gasteiger partial charge in [-0.3, -0.25) is 0 Å². The number of benzene rings is 2. The van der Waals surface area contributed by atoms with Gasteiger partial charge in [-0.05, 0) is 104 Å². The maximum atomic E-state index is 6.43. The molecule has 2 heterocycles. The van der Waals surface area contributed by atoms with E-state index in [1.807, 2.05) is 12.1 Å². The second-order valence-electron chi connectivity index (χ2n) is 16.8. The molecule has 0 amide bonds. The Morgan fingerprint density at radius 1 is 0.756 bits per heavy atom. The molecule has 2 aromatic carbocycles. The largest absolute Gasteiger partial charge is 0.490 e. The summed E-state index contributed by atoms with van der Waals surface area (Å²) in [6.45, 7) is 25.1. The molecular weight excluding hydrogens is 560 g/mol. The summed E-state index contributed by atoms with van der Waals surface area (Å²) in [6, 6.07) is 17.2. The van der Waals surface area contributed by atoms with E-state index in [4.69, 9.17) is 18.3 Å². The molecule has 4 aromatic rings. The number of nitrogens with one attached hydrogen (secondary N) is 2. The first-order valence-electron chi connectivity index (χ1n) is 16.8. The van der Waals surface area contributed by atoms with Crippen molar-refractivity contribution in [1.82, 2.24) is 10.6 Å². The molecule has 45 heavy (non-hydrogen) atoms. The summed E-state index contributed by atoms with van der Waals surface area (Å²) >= 11 is 0. The van der Waals surface area contributed by atoms with Crippen LogP contribution < -0.4 is 20.1 Å². The van der Waals surface area contributed by atoms with E-state index in [0.717, 1.165) is 77.2 Å². The number of hydrogen-bond acceptors (Lipinski definition) is 6. The molecule has 1 unspecified atom stereocenters. The number of ether oxygens (including phenoxy) is 2. The van der Waals surface area contributed by atoms with Crippen LogP contribution in [0.25, 0.3) is 21.9 Å². The zero-order valence-corrected chi connectivity index (χ0v) is 29.5. The maximum absolute atomic E-state index is 6.43. The fourth-order valence-electron chi connectivity index (χ4n) is 5.99. The molecule has 6 nitrogen and oxygen atoms in total. The Bertz CT molecular complexity index is 1590. The van der Waals surface area contributed by atoms with Crippen molar-refractivity contribution in [2.24, 2.45) is 0 Å². The molecule has 246 valence electrons. The zero-order valence-electron chi connectivity index (χ0n) is 29.5. The van der Waals surface area contributed by atoms with E-state index in [9.17, 15) is 0 Å². The lowest BCUT2D eigenvalue weighted by atomic mass is 9.81. The monoisotopic (exact) mass is 616 g/mol. The van der Waals surface area contributed by atoms with E-state index < -0.39 is 0 Å². The van der Waals surface area contributed by atoms with E-state index in [0.29, 0.717) is 6.04 Å². The van der Waals surface area contributed by atoms with Crippen molar-refractivity contribution < 1.29 is 18.3 Å². The summed E-state index contributed by atoms with van der Waals surface area (Å²) in [4.78, 5) is 0. The Hall–Kier alpha value is -2.96. The van der Waals surface area contributed by atoms with E-state index in [-0.39, 0.29) is 34.1 Å². The average Bonchev–Trinajstić information content (AvgIpc) is 3.54. The van der Waals surface area contributed by atoms with Gasteiger partial charge in [0, 0.05) is 57.4 Å². The van der Waals surface area contributed by atoms with Crippen molar-refractivity contribution in [2.75, 3.05) is 6.54 Å². The van der Waals surface area contributed by atoms with Crippen molar-refractivity contribution in [3.63, 3.8) is 0 Å². The van der Waals surface area contributed by atoms with Crippen LogP contribution in [0.2, 0.25) is 0 Å². The highest BCUT2D eigenvalue weighted by Gasteiger charge is 2.33. The van der Waals surface area contributed by atoms with E-state index in [2.05, 4.69) is 123 Å². The van der Waals surface area contributed by atoms with Crippen LogP contribution in [0.4, 0.5) is 0 Å². The highest BCUT2D eigenvalue weighted by atomic mass is 16.5. The minimum Gasteiger partial charge on any atom is -0.490 e. The minimum absolute atomic E-state index is 0.0131. The maximum Gasteiger partial charge on any atom is 0.137 e. The molecule has 1 atom stereocenters. The summed E-state index contributed by atoms with van der Waals surface area (Å²) in [5.41, 5.74) is 1.71. The summed E-state index contributed by atoms with van der Waals surface area (Å²) < 4.78 is 25.1. The normalized spacial score (nSPS) is 18.7. The van der Waals surface area contributed by atoms with Crippen LogP contribution in [0.3, 0.4) is 0 Å². The molecule has 5 rings (SSSR count). The van der Waals surface area contributed by atoms with Gasteiger partial charge in [0.25, 0.3) is 0 Å². The molecular formula is C39H56N2O4. The standard InChI is InChI=1S/C39H56N2O4/c1-25(42-29-14-12-26-18-34(36(2,3)4)44-32(26)22-29)24-40-39(10,11)17-16-38(8,9)35-19-27-13-15-30(23-33(27)45-35)43-31-20-28(21-31)41-37(5,6)7/h12-15,18-19,22-23,25,28,31,40-41H,16-17,20-21,24H2,1-11H3/t25?,28-,31-. The molecule has 1 saturated carbocycles. The Labute approximate surface area is 270 Å². The lowest BCUT2D eigenvalue weighted by molar-refractivity contribution is 0.0735. The highest BCUT2D eigenvalue weighted by molar-refractivity contribution is 5.80. The predicted molar refractivity (Wildman–Crippen MR) is 186 cm³/mol. The number of hydrogen-bond donors (Lipinski definition) is 2. The van der Waals surface area contributed by atoms with Crippen LogP contribution in [-0.4, -0.2) is 35.9 Å². The van der Waals surface area contributed by atoms with Crippen molar-refractivity contribution in [3.05, 3.63) is 60.1 Å². The number of fused-ring (bicyclic) bond motifs is 2. The van der Waals surface area contributed by atoms with Gasteiger partial charge < -0.3 is 28.9 Å². The molecule has 0 radical (unpaired) electrons. The average molecular weight is 617 g/mol. The summed E-state index contributed by atoms with van der Waals surface area (Å²) in [5, 5.41) is 9.64. The van der Waals surface area contributed by atoms with Gasteiger partial charge in [0.1, 0.15) is 46.4 Å². The van der Waals surface area contributed by atoms with Crippen LogP contribution in [0.1, 0.15) is 113 Å². The fourth-order valence-corrected chi connectivity index (χ4v) is 5.99. The van der Waals surface area contributed by atoms with Crippen LogP contribution in [0.5, 0.6) is 11.5 Å². The van der Waals surface area contributed by atoms with E-state index >= 15 is 0 Å². The van der Waals surface area contributed by atoms with Crippen molar-refractivity contribution in [1.29, 1.82) is 0 Å². The Morgan fingerprint density at radius 3 is 1.96 bits per heavy atom. The first-order chi connectivity index (χ1) is 20.9. The van der Waals surface area contributed by atoms with Crippen LogP contribution in [-0.2, 0) is 10.8 Å². The van der Waals surface area contributed by atoms with Gasteiger partial charge in [-0.15, -0.1) is 0 Å². The molecule has 6 heteroatoms. The Kier molecular flexibility index (Phi) is 9.16. The Morgan fingerprint density at radius 2 is 1.33 bits per heavy atom. The second kappa shape index (κ2) is 12.3. The predicted octanol–water partition coefficient (Wildman–Crippen LogP) is 9.67. The number of furan rings is 2. The number of rotatable bonds is 12. The van der Waals surface area contributed by atoms with Gasteiger partial charge in [0.15, 0.2) is 0 Å². The molecule has 1 aliphatic carbocycles. The molecule has 1 aliphatic rings. The molecule has 1 fully saturated rings. The third-order valence-corrected chi connectivity index (χ3v) is 9.00. The summed E-state index contributed by atoms with van der Waals surface area (Å²) in [5.74, 6) is 3.73. The van der Waals surface area contributed by atoms with Crippen molar-refractivity contribution in [3.8, 4) is 11.5 Å². The van der Waals surface area contributed by atoms with Gasteiger partial charge >= 0.3 is 0 Å². The van der Waals surface area contributed by atoms with Gasteiger partial charge in [-0.2, -0.15) is 0 Å². The van der Waals surface area contributed by atoms with Crippen LogP contribution >= 0.6 is 0 Å². The smallest absolute Gasteiger partial charge is 0.137 e. The molecule has 0 spiro atoms. The second-order valence-corrected chi connectivity index (χ2v) is 16.8. The first-order valence-corrected chi connectivity index (χ1v) is 16.8. The SMILES string of the molecule is CC(CNC(C)(C)CCC(C)(C)c1cc2ccc(O[C@H]3C[C@H](NC(C)(C)C)C3)cc2o1)Oc1ccc2cc(C(C)(C)C)oc2c1. The fraction of sp³-hybridized carbons (Fsp3) is 0.590. The molecule has 2 N–H and O–H groups in total. The van der Waals surface area contributed by atoms with Gasteiger partial charge in [-0.1, -0.05) is 34.6 Å². The zero-order chi connectivity index (χ0) is 32.8. The van der Waals surface area contributed by atoms with E-state index in [1.54, 1.807) is 0 Å². The minimum atomic E-state index is -0.106. The van der Waals surface area contributed by atoms with E-state index in [1.165, 1.54) is 0 Å². The van der Waals surface area contributed by atoms with Gasteiger partial charge in [0.2, 0.25) is 0 Å². The first kappa shape index (κ1) is 33.4.